The van der Waals surface area contributed by atoms with E-state index in [1.807, 2.05) is 25.1 Å². The molecule has 0 aliphatic heterocycles. The minimum absolute atomic E-state index is 0.160. The number of rotatable bonds is 5. The Labute approximate surface area is 145 Å². The molecule has 23 heavy (non-hydrogen) atoms. The fourth-order valence-electron chi connectivity index (χ4n) is 2.28. The van der Waals surface area contributed by atoms with Crippen molar-refractivity contribution in [2.75, 3.05) is 20.6 Å². The van der Waals surface area contributed by atoms with Crippen LogP contribution in [0.4, 0.5) is 4.39 Å². The Morgan fingerprint density at radius 1 is 1.22 bits per heavy atom. The number of carbonyl (C=O) groups excluding carboxylic acids is 1. The molecule has 0 bridgehead atoms. The molecule has 0 radical (unpaired) electrons. The van der Waals surface area contributed by atoms with Gasteiger partial charge in [0.15, 0.2) is 0 Å². The zero-order chi connectivity index (χ0) is 17.0. The molecule has 122 valence electrons. The first-order valence-corrected chi connectivity index (χ1v) is 7.80. The van der Waals surface area contributed by atoms with Crippen molar-refractivity contribution in [1.82, 2.24) is 10.2 Å². The summed E-state index contributed by atoms with van der Waals surface area (Å²) < 4.78 is 13.4. The van der Waals surface area contributed by atoms with Crippen LogP contribution in [0.2, 0.25) is 10.0 Å². The summed E-state index contributed by atoms with van der Waals surface area (Å²) >= 11 is 12.0. The number of benzene rings is 2. The van der Waals surface area contributed by atoms with Gasteiger partial charge in [-0.05, 0) is 43.9 Å². The SMILES string of the molecule is CN(C)C(CNC(=O)c1cccc(Cl)c1Cl)c1cccc(F)c1. The molecule has 0 aliphatic carbocycles. The predicted molar refractivity (Wildman–Crippen MR) is 91.6 cm³/mol. The molecule has 0 saturated carbocycles. The van der Waals surface area contributed by atoms with Crippen molar-refractivity contribution in [3.05, 3.63) is 69.5 Å². The number of amides is 1. The molecule has 2 aromatic carbocycles. The molecule has 0 spiro atoms. The van der Waals surface area contributed by atoms with E-state index in [0.29, 0.717) is 17.1 Å². The summed E-state index contributed by atoms with van der Waals surface area (Å²) in [7, 11) is 3.74. The molecular weight excluding hydrogens is 338 g/mol. The van der Waals surface area contributed by atoms with Gasteiger partial charge < -0.3 is 10.2 Å². The van der Waals surface area contributed by atoms with Gasteiger partial charge in [0.25, 0.3) is 5.91 Å². The maximum absolute atomic E-state index is 13.4. The lowest BCUT2D eigenvalue weighted by atomic mass is 10.1. The van der Waals surface area contributed by atoms with Gasteiger partial charge in [0.05, 0.1) is 21.7 Å². The molecule has 1 unspecified atom stereocenters. The summed E-state index contributed by atoms with van der Waals surface area (Å²) in [6.45, 7) is 0.318. The van der Waals surface area contributed by atoms with Gasteiger partial charge in [-0.15, -0.1) is 0 Å². The van der Waals surface area contributed by atoms with Crippen LogP contribution in [0.25, 0.3) is 0 Å². The first kappa shape index (κ1) is 17.7. The Hall–Kier alpha value is -1.62. The topological polar surface area (TPSA) is 32.3 Å². The van der Waals surface area contributed by atoms with Crippen LogP contribution in [0.3, 0.4) is 0 Å². The quantitative estimate of drug-likeness (QED) is 0.873. The van der Waals surface area contributed by atoms with Crippen LogP contribution in [-0.2, 0) is 0 Å². The first-order valence-electron chi connectivity index (χ1n) is 7.04. The molecule has 1 amide bonds. The first-order chi connectivity index (χ1) is 10.9. The molecular formula is C17H17Cl2FN2O. The van der Waals surface area contributed by atoms with E-state index in [1.165, 1.54) is 12.1 Å². The van der Waals surface area contributed by atoms with Crippen molar-refractivity contribution in [2.45, 2.75) is 6.04 Å². The van der Waals surface area contributed by atoms with Gasteiger partial charge in [-0.25, -0.2) is 4.39 Å². The lowest BCUT2D eigenvalue weighted by Crippen LogP contribution is -2.34. The number of halogens is 3. The minimum Gasteiger partial charge on any atom is -0.350 e. The number of likely N-dealkylation sites (N-methyl/N-ethyl adjacent to an activating group) is 1. The van der Waals surface area contributed by atoms with E-state index < -0.39 is 0 Å². The van der Waals surface area contributed by atoms with Crippen LogP contribution in [0.5, 0.6) is 0 Å². The number of nitrogens with one attached hydrogen (secondary N) is 1. The van der Waals surface area contributed by atoms with E-state index in [2.05, 4.69) is 5.32 Å². The second-order valence-electron chi connectivity index (χ2n) is 5.35. The zero-order valence-electron chi connectivity index (χ0n) is 12.8. The van der Waals surface area contributed by atoms with Crippen LogP contribution in [0.15, 0.2) is 42.5 Å². The van der Waals surface area contributed by atoms with Crippen molar-refractivity contribution in [2.24, 2.45) is 0 Å². The number of nitrogens with zero attached hydrogens (tertiary/aromatic N) is 1. The van der Waals surface area contributed by atoms with E-state index in [0.717, 1.165) is 5.56 Å². The molecule has 0 heterocycles. The molecule has 2 rings (SSSR count). The Balaban J connectivity index is 2.13. The second kappa shape index (κ2) is 7.77. The van der Waals surface area contributed by atoms with Gasteiger partial charge in [-0.3, -0.25) is 4.79 Å². The predicted octanol–water partition coefficient (Wildman–Crippen LogP) is 4.17. The van der Waals surface area contributed by atoms with E-state index >= 15 is 0 Å². The highest BCUT2D eigenvalue weighted by Gasteiger charge is 2.18. The van der Waals surface area contributed by atoms with Crippen LogP contribution < -0.4 is 5.32 Å². The van der Waals surface area contributed by atoms with Crippen molar-refractivity contribution in [3.63, 3.8) is 0 Å². The van der Waals surface area contributed by atoms with E-state index in [9.17, 15) is 9.18 Å². The molecule has 2 aromatic rings. The van der Waals surface area contributed by atoms with E-state index in [-0.39, 0.29) is 22.8 Å². The molecule has 1 N–H and O–H groups in total. The number of carbonyl (C=O) groups is 1. The van der Waals surface area contributed by atoms with Gasteiger partial charge >= 0.3 is 0 Å². The largest absolute Gasteiger partial charge is 0.350 e. The summed E-state index contributed by atoms with van der Waals surface area (Å²) in [6.07, 6.45) is 0. The monoisotopic (exact) mass is 354 g/mol. The van der Waals surface area contributed by atoms with Crippen LogP contribution in [-0.4, -0.2) is 31.4 Å². The highest BCUT2D eigenvalue weighted by atomic mass is 35.5. The van der Waals surface area contributed by atoms with Crippen molar-refractivity contribution < 1.29 is 9.18 Å². The summed E-state index contributed by atoms with van der Waals surface area (Å²) in [4.78, 5) is 14.2. The molecule has 1 atom stereocenters. The molecule has 0 aliphatic rings. The fourth-order valence-corrected chi connectivity index (χ4v) is 2.66. The van der Waals surface area contributed by atoms with Gasteiger partial charge in [0, 0.05) is 6.54 Å². The lowest BCUT2D eigenvalue weighted by molar-refractivity contribution is 0.0942. The summed E-state index contributed by atoms with van der Waals surface area (Å²) in [5.41, 5.74) is 1.10. The third kappa shape index (κ3) is 4.44. The molecule has 0 aromatic heterocycles. The van der Waals surface area contributed by atoms with Gasteiger partial charge in [-0.2, -0.15) is 0 Å². The highest BCUT2D eigenvalue weighted by molar-refractivity contribution is 6.43. The standard InChI is InChI=1S/C17H17Cl2FN2O/c1-22(2)15(11-5-3-6-12(20)9-11)10-21-17(23)13-7-4-8-14(18)16(13)19/h3-9,15H,10H2,1-2H3,(H,21,23). The Bertz CT molecular complexity index is 707. The van der Waals surface area contributed by atoms with Crippen molar-refractivity contribution >= 4 is 29.1 Å². The Morgan fingerprint density at radius 3 is 2.57 bits per heavy atom. The van der Waals surface area contributed by atoms with Gasteiger partial charge in [0.2, 0.25) is 0 Å². The molecule has 0 fully saturated rings. The number of hydrogen-bond donors (Lipinski definition) is 1. The second-order valence-corrected chi connectivity index (χ2v) is 6.13. The van der Waals surface area contributed by atoms with Crippen LogP contribution in [0.1, 0.15) is 22.0 Å². The lowest BCUT2D eigenvalue weighted by Gasteiger charge is -2.25. The Kier molecular flexibility index (Phi) is 5.99. The minimum atomic E-state index is -0.319. The summed E-state index contributed by atoms with van der Waals surface area (Å²) in [5.74, 6) is -0.626. The van der Waals surface area contributed by atoms with Gasteiger partial charge in [-0.1, -0.05) is 41.4 Å². The van der Waals surface area contributed by atoms with Crippen LogP contribution in [0, 0.1) is 5.82 Å². The molecule has 0 saturated heterocycles. The van der Waals surface area contributed by atoms with E-state index in [1.54, 1.807) is 24.3 Å². The van der Waals surface area contributed by atoms with Crippen LogP contribution >= 0.6 is 23.2 Å². The van der Waals surface area contributed by atoms with E-state index in [4.69, 9.17) is 23.2 Å². The van der Waals surface area contributed by atoms with Gasteiger partial charge in [0.1, 0.15) is 5.82 Å². The summed E-state index contributed by atoms with van der Waals surface area (Å²) in [6, 6.07) is 11.1. The van der Waals surface area contributed by atoms with Crippen molar-refractivity contribution in [3.8, 4) is 0 Å². The molecule has 3 nitrogen and oxygen atoms in total. The molecule has 6 heteroatoms. The Morgan fingerprint density at radius 2 is 1.91 bits per heavy atom. The third-order valence-corrected chi connectivity index (χ3v) is 4.33. The summed E-state index contributed by atoms with van der Waals surface area (Å²) in [5, 5.41) is 3.37. The highest BCUT2D eigenvalue weighted by Crippen LogP contribution is 2.25. The average Bonchev–Trinajstić information content (AvgIpc) is 2.49. The fraction of sp³-hybridized carbons (Fsp3) is 0.235. The average molecular weight is 355 g/mol. The maximum atomic E-state index is 13.4. The van der Waals surface area contributed by atoms with Crippen molar-refractivity contribution in [1.29, 1.82) is 0 Å². The normalized spacial score (nSPS) is 12.3. The third-order valence-electron chi connectivity index (χ3n) is 3.51. The smallest absolute Gasteiger partial charge is 0.252 e. The zero-order valence-corrected chi connectivity index (χ0v) is 14.3. The number of hydrogen-bond acceptors (Lipinski definition) is 2. The maximum Gasteiger partial charge on any atom is 0.252 e.